The second kappa shape index (κ2) is 15.2. The predicted molar refractivity (Wildman–Crippen MR) is 256 cm³/mol. The summed E-state index contributed by atoms with van der Waals surface area (Å²) >= 11 is 0. The molecule has 11 rings (SSSR count). The number of benzene rings is 8. The quantitative estimate of drug-likeness (QED) is 0.144. The van der Waals surface area contributed by atoms with Crippen molar-refractivity contribution in [2.75, 3.05) is 0 Å². The molecule has 8 aromatic carbocycles. The van der Waals surface area contributed by atoms with Crippen molar-refractivity contribution in [3.63, 3.8) is 0 Å². The average Bonchev–Trinajstić information content (AvgIpc) is 3.82. The van der Waals surface area contributed by atoms with Gasteiger partial charge in [0.1, 0.15) is 0 Å². The molecule has 0 atom stereocenters. The number of hydrogen-bond donors (Lipinski definition) is 0. The number of fused-ring (bicyclic) bond motifs is 10. The van der Waals surface area contributed by atoms with Gasteiger partial charge in [-0.15, -0.1) is 0 Å². The van der Waals surface area contributed by atoms with Crippen molar-refractivity contribution < 1.29 is 0 Å². The summed E-state index contributed by atoms with van der Waals surface area (Å²) in [6.45, 7) is 6.36. The third kappa shape index (κ3) is 5.85. The van der Waals surface area contributed by atoms with Gasteiger partial charge in [-0.1, -0.05) is 213 Å². The summed E-state index contributed by atoms with van der Waals surface area (Å²) in [6, 6.07) is 71.4. The standard InChI is InChI=1S/C59H41N3/c1-3-20-46(50-32-19-33-51-49-31-13-16-36-54(49)59(55(50)51)52-34-14-11-29-47(52)48-30-12-15-35-53(48)59)45(4-2)58-61-56(43-27-17-25-41(37-43)39-21-7-5-8-22-39)60-57(62-58)44-28-18-26-42(38-44)40-23-9-6-10-24-40/h3-38H,1H2,2H3/b45-4+,46-20+. The first-order valence-electron chi connectivity index (χ1n) is 21.2. The molecule has 2 aliphatic rings. The molecule has 3 heteroatoms. The average molecular weight is 792 g/mol. The summed E-state index contributed by atoms with van der Waals surface area (Å²) in [4.78, 5) is 16.0. The van der Waals surface area contributed by atoms with Gasteiger partial charge in [0.15, 0.2) is 17.5 Å². The lowest BCUT2D eigenvalue weighted by Gasteiger charge is -2.32. The van der Waals surface area contributed by atoms with E-state index in [1.807, 2.05) is 18.2 Å². The lowest BCUT2D eigenvalue weighted by Crippen LogP contribution is -2.27. The Bertz CT molecular complexity index is 3100. The van der Waals surface area contributed by atoms with Crippen molar-refractivity contribution in [3.05, 3.63) is 259 Å². The summed E-state index contributed by atoms with van der Waals surface area (Å²) in [7, 11) is 0. The SMILES string of the molecule is C=C/C=C(\C(=C/C)c1nc(-c2cccc(-c3ccccc3)c2)nc(-c2cccc(-c3ccccc3)c2)n1)c1cccc2c1C1(c3ccccc3-c3ccccc31)c1ccccc1-2. The zero-order valence-corrected chi connectivity index (χ0v) is 34.3. The minimum absolute atomic E-state index is 0.542. The molecular weight excluding hydrogens is 751 g/mol. The van der Waals surface area contributed by atoms with Gasteiger partial charge in [-0.2, -0.15) is 0 Å². The van der Waals surface area contributed by atoms with E-state index in [-0.39, 0.29) is 0 Å². The molecule has 1 heterocycles. The van der Waals surface area contributed by atoms with E-state index in [9.17, 15) is 0 Å². The van der Waals surface area contributed by atoms with Crippen molar-refractivity contribution in [1.29, 1.82) is 0 Å². The third-order valence-corrected chi connectivity index (χ3v) is 12.5. The molecule has 0 bridgehead atoms. The molecule has 1 aromatic heterocycles. The van der Waals surface area contributed by atoms with Gasteiger partial charge in [0, 0.05) is 16.7 Å². The lowest BCUT2D eigenvalue weighted by atomic mass is 9.68. The second-order valence-corrected chi connectivity index (χ2v) is 15.8. The van der Waals surface area contributed by atoms with Crippen LogP contribution in [0.15, 0.2) is 225 Å². The van der Waals surface area contributed by atoms with Crippen LogP contribution >= 0.6 is 0 Å². The van der Waals surface area contributed by atoms with E-state index in [4.69, 9.17) is 15.0 Å². The molecule has 0 fully saturated rings. The van der Waals surface area contributed by atoms with Crippen molar-refractivity contribution in [1.82, 2.24) is 15.0 Å². The molecule has 3 nitrogen and oxygen atoms in total. The molecule has 0 saturated heterocycles. The zero-order valence-electron chi connectivity index (χ0n) is 34.3. The Balaban J connectivity index is 1.14. The molecule has 0 radical (unpaired) electrons. The normalized spacial score (nSPS) is 13.3. The Hall–Kier alpha value is -8.01. The second-order valence-electron chi connectivity index (χ2n) is 15.8. The van der Waals surface area contributed by atoms with Gasteiger partial charge in [-0.25, -0.2) is 15.0 Å². The van der Waals surface area contributed by atoms with E-state index in [1.165, 1.54) is 44.5 Å². The Kier molecular flexibility index (Phi) is 9.09. The van der Waals surface area contributed by atoms with Crippen molar-refractivity contribution in [2.45, 2.75) is 12.3 Å². The molecule has 9 aromatic rings. The lowest BCUT2D eigenvalue weighted by molar-refractivity contribution is 0.791. The number of allylic oxidation sites excluding steroid dienone is 5. The fraction of sp³-hybridized carbons (Fsp3) is 0.0339. The summed E-state index contributed by atoms with van der Waals surface area (Å²) in [5.74, 6) is 1.79. The zero-order chi connectivity index (χ0) is 41.6. The van der Waals surface area contributed by atoms with E-state index in [2.05, 4.69) is 214 Å². The van der Waals surface area contributed by atoms with Crippen molar-refractivity contribution >= 4 is 11.1 Å². The van der Waals surface area contributed by atoms with Crippen LogP contribution in [0.25, 0.3) is 78.4 Å². The fourth-order valence-corrected chi connectivity index (χ4v) is 9.92. The maximum Gasteiger partial charge on any atom is 0.164 e. The third-order valence-electron chi connectivity index (χ3n) is 12.5. The topological polar surface area (TPSA) is 38.7 Å². The Morgan fingerprint density at radius 1 is 0.419 bits per heavy atom. The summed E-state index contributed by atoms with van der Waals surface area (Å²) in [5, 5.41) is 0. The van der Waals surface area contributed by atoms with Crippen LogP contribution < -0.4 is 0 Å². The van der Waals surface area contributed by atoms with Gasteiger partial charge >= 0.3 is 0 Å². The number of aromatic nitrogens is 3. The van der Waals surface area contributed by atoms with Crippen LogP contribution in [0.1, 0.15) is 40.6 Å². The first-order valence-corrected chi connectivity index (χ1v) is 21.2. The maximum atomic E-state index is 5.37. The van der Waals surface area contributed by atoms with Gasteiger partial charge in [0.2, 0.25) is 0 Å². The maximum absolute atomic E-state index is 5.37. The van der Waals surface area contributed by atoms with Crippen LogP contribution in [0.3, 0.4) is 0 Å². The van der Waals surface area contributed by atoms with E-state index < -0.39 is 5.41 Å². The van der Waals surface area contributed by atoms with Crippen LogP contribution in [0.4, 0.5) is 0 Å². The highest BCUT2D eigenvalue weighted by Gasteiger charge is 2.52. The molecule has 0 aliphatic heterocycles. The monoisotopic (exact) mass is 791 g/mol. The van der Waals surface area contributed by atoms with Crippen LogP contribution in [-0.2, 0) is 5.41 Å². The molecule has 0 N–H and O–H groups in total. The molecule has 2 aliphatic carbocycles. The highest BCUT2D eigenvalue weighted by molar-refractivity contribution is 6.08. The highest BCUT2D eigenvalue weighted by Crippen LogP contribution is 2.64. The van der Waals surface area contributed by atoms with Crippen LogP contribution in [0.2, 0.25) is 0 Å². The predicted octanol–water partition coefficient (Wildman–Crippen LogP) is 14.6. The van der Waals surface area contributed by atoms with Gasteiger partial charge < -0.3 is 0 Å². The smallest absolute Gasteiger partial charge is 0.164 e. The molecule has 0 saturated carbocycles. The summed E-state index contributed by atoms with van der Waals surface area (Å²) < 4.78 is 0. The van der Waals surface area contributed by atoms with Gasteiger partial charge in [0.25, 0.3) is 0 Å². The number of rotatable bonds is 8. The van der Waals surface area contributed by atoms with Crippen molar-refractivity contribution in [2.24, 2.45) is 0 Å². The molecular formula is C59H41N3. The summed E-state index contributed by atoms with van der Waals surface area (Å²) in [5.41, 5.74) is 18.9. The minimum Gasteiger partial charge on any atom is -0.208 e. The number of hydrogen-bond acceptors (Lipinski definition) is 3. The van der Waals surface area contributed by atoms with Crippen molar-refractivity contribution in [3.8, 4) is 67.3 Å². The van der Waals surface area contributed by atoms with Crippen LogP contribution in [-0.4, -0.2) is 15.0 Å². The van der Waals surface area contributed by atoms with Crippen LogP contribution in [0, 0.1) is 0 Å². The first-order chi connectivity index (χ1) is 30.7. The molecule has 1 spiro atoms. The number of nitrogens with zero attached hydrogens (tertiary/aromatic N) is 3. The Morgan fingerprint density at radius 3 is 1.34 bits per heavy atom. The van der Waals surface area contributed by atoms with E-state index in [0.717, 1.165) is 50.1 Å². The molecule has 0 unspecified atom stereocenters. The highest BCUT2D eigenvalue weighted by atomic mass is 15.0. The Morgan fingerprint density at radius 2 is 0.839 bits per heavy atom. The largest absolute Gasteiger partial charge is 0.208 e. The molecule has 62 heavy (non-hydrogen) atoms. The van der Waals surface area contributed by atoms with E-state index >= 15 is 0 Å². The van der Waals surface area contributed by atoms with Crippen LogP contribution in [0.5, 0.6) is 0 Å². The van der Waals surface area contributed by atoms with E-state index in [0.29, 0.717) is 17.5 Å². The van der Waals surface area contributed by atoms with Gasteiger partial charge in [-0.3, -0.25) is 0 Å². The minimum atomic E-state index is -0.542. The summed E-state index contributed by atoms with van der Waals surface area (Å²) in [6.07, 6.45) is 6.16. The molecule has 0 amide bonds. The first kappa shape index (κ1) is 37.0. The van der Waals surface area contributed by atoms with Gasteiger partial charge in [0.05, 0.1) is 5.41 Å². The van der Waals surface area contributed by atoms with E-state index in [1.54, 1.807) is 0 Å². The molecule has 292 valence electrons. The Labute approximate surface area is 362 Å². The van der Waals surface area contributed by atoms with Gasteiger partial charge in [-0.05, 0) is 97.0 Å². The fourth-order valence-electron chi connectivity index (χ4n) is 9.92.